The van der Waals surface area contributed by atoms with Gasteiger partial charge in [-0.3, -0.25) is 4.68 Å². The van der Waals surface area contributed by atoms with E-state index >= 15 is 0 Å². The van der Waals surface area contributed by atoms with Gasteiger partial charge in [-0.05, 0) is 25.5 Å². The van der Waals surface area contributed by atoms with Crippen molar-refractivity contribution >= 4 is 11.0 Å². The highest BCUT2D eigenvalue weighted by molar-refractivity contribution is 5.79. The molecule has 0 N–H and O–H groups in total. The fourth-order valence-corrected chi connectivity index (χ4v) is 2.57. The predicted octanol–water partition coefficient (Wildman–Crippen LogP) is 3.38. The average Bonchev–Trinajstić information content (AvgIpc) is 2.84. The first-order chi connectivity index (χ1) is 10.7. The van der Waals surface area contributed by atoms with Gasteiger partial charge in [0, 0.05) is 7.05 Å². The molecule has 0 aliphatic rings. The Morgan fingerprint density at radius 2 is 2.00 bits per heavy atom. The second-order valence-electron chi connectivity index (χ2n) is 5.18. The second-order valence-corrected chi connectivity index (χ2v) is 5.18. The predicted molar refractivity (Wildman–Crippen MR) is 86.9 cm³/mol. The van der Waals surface area contributed by atoms with E-state index in [2.05, 4.69) is 17.0 Å². The fraction of sp³-hybridized carbons (Fsp3) is 0.353. The third kappa shape index (κ3) is 2.54. The topological polar surface area (TPSA) is 52.8 Å². The smallest absolute Gasteiger partial charge is 0.163 e. The van der Waals surface area contributed by atoms with Crippen LogP contribution in [0.3, 0.4) is 0 Å². The monoisotopic (exact) mass is 296 g/mol. The number of hydrogen-bond donors (Lipinski definition) is 0. The van der Waals surface area contributed by atoms with Crippen LogP contribution in [0.15, 0.2) is 30.5 Å². The van der Waals surface area contributed by atoms with Crippen molar-refractivity contribution < 1.29 is 4.74 Å². The van der Waals surface area contributed by atoms with Crippen LogP contribution in [0.1, 0.15) is 26.0 Å². The summed E-state index contributed by atoms with van der Waals surface area (Å²) in [6.07, 6.45) is 3.80. The van der Waals surface area contributed by atoms with Crippen LogP contribution in [0.4, 0.5) is 0 Å². The molecule has 0 amide bonds. The van der Waals surface area contributed by atoms with E-state index in [4.69, 9.17) is 9.72 Å². The van der Waals surface area contributed by atoms with E-state index in [9.17, 15) is 0 Å². The van der Waals surface area contributed by atoms with Crippen LogP contribution < -0.4 is 4.74 Å². The van der Waals surface area contributed by atoms with Crippen molar-refractivity contribution in [3.05, 3.63) is 36.2 Å². The van der Waals surface area contributed by atoms with Gasteiger partial charge >= 0.3 is 0 Å². The second kappa shape index (κ2) is 6.13. The van der Waals surface area contributed by atoms with Gasteiger partial charge in [-0.25, -0.2) is 9.97 Å². The van der Waals surface area contributed by atoms with Crippen LogP contribution in [0.25, 0.3) is 22.4 Å². The number of nitrogens with zero attached hydrogens (tertiary/aromatic N) is 4. The maximum atomic E-state index is 5.69. The van der Waals surface area contributed by atoms with Crippen molar-refractivity contribution in [1.82, 2.24) is 19.7 Å². The summed E-state index contributed by atoms with van der Waals surface area (Å²) in [4.78, 5) is 9.26. The van der Waals surface area contributed by atoms with Gasteiger partial charge in [0.25, 0.3) is 0 Å². The number of ether oxygens (including phenoxy) is 1. The molecular formula is C17H20N4O. The summed E-state index contributed by atoms with van der Waals surface area (Å²) in [6, 6.07) is 7.87. The zero-order chi connectivity index (χ0) is 15.5. The molecule has 0 bridgehead atoms. The van der Waals surface area contributed by atoms with Gasteiger partial charge in [-0.2, -0.15) is 5.10 Å². The standard InChI is InChI=1S/C17H20N4O/c1-4-8-13-16-14(21(3)20-13)11-18-17(19-16)12-9-6-7-10-15(12)22-5-2/h6-7,9-11H,4-5,8H2,1-3H3. The number of aromatic nitrogens is 4. The Kier molecular flexibility index (Phi) is 4.04. The summed E-state index contributed by atoms with van der Waals surface area (Å²) >= 11 is 0. The molecule has 2 heterocycles. The lowest BCUT2D eigenvalue weighted by molar-refractivity contribution is 0.341. The van der Waals surface area contributed by atoms with E-state index in [0.717, 1.165) is 40.9 Å². The van der Waals surface area contributed by atoms with Gasteiger partial charge in [0.2, 0.25) is 0 Å². The van der Waals surface area contributed by atoms with E-state index in [1.165, 1.54) is 0 Å². The molecule has 1 aromatic carbocycles. The van der Waals surface area contributed by atoms with Crippen molar-refractivity contribution in [3.63, 3.8) is 0 Å². The molecular weight excluding hydrogens is 276 g/mol. The van der Waals surface area contributed by atoms with Gasteiger partial charge in [0.05, 0.1) is 24.1 Å². The van der Waals surface area contributed by atoms with E-state index < -0.39 is 0 Å². The minimum absolute atomic E-state index is 0.618. The summed E-state index contributed by atoms with van der Waals surface area (Å²) in [5.41, 5.74) is 3.83. The van der Waals surface area contributed by atoms with Crippen molar-refractivity contribution in [2.45, 2.75) is 26.7 Å². The Morgan fingerprint density at radius 3 is 2.77 bits per heavy atom. The number of aryl methyl sites for hydroxylation is 2. The molecule has 0 fully saturated rings. The van der Waals surface area contributed by atoms with E-state index in [1.54, 1.807) is 0 Å². The quantitative estimate of drug-likeness (QED) is 0.724. The van der Waals surface area contributed by atoms with Gasteiger partial charge in [-0.1, -0.05) is 25.5 Å². The SMILES string of the molecule is CCCc1nn(C)c2cnc(-c3ccccc3OCC)nc12. The van der Waals surface area contributed by atoms with Crippen LogP contribution in [-0.4, -0.2) is 26.4 Å². The maximum Gasteiger partial charge on any atom is 0.163 e. The fourth-order valence-electron chi connectivity index (χ4n) is 2.57. The molecule has 0 saturated carbocycles. The molecule has 2 aromatic heterocycles. The Morgan fingerprint density at radius 1 is 1.18 bits per heavy atom. The first-order valence-corrected chi connectivity index (χ1v) is 7.65. The summed E-state index contributed by atoms with van der Waals surface area (Å²) < 4.78 is 7.53. The Bertz CT molecular complexity index is 794. The molecule has 0 saturated heterocycles. The minimum atomic E-state index is 0.618. The summed E-state index contributed by atoms with van der Waals surface area (Å²) in [5.74, 6) is 1.49. The van der Waals surface area contributed by atoms with Crippen molar-refractivity contribution in [2.75, 3.05) is 6.61 Å². The van der Waals surface area contributed by atoms with Crippen molar-refractivity contribution in [3.8, 4) is 17.1 Å². The number of benzene rings is 1. The maximum absolute atomic E-state index is 5.69. The number of fused-ring (bicyclic) bond motifs is 1. The van der Waals surface area contributed by atoms with Crippen molar-refractivity contribution in [1.29, 1.82) is 0 Å². The van der Waals surface area contributed by atoms with Crippen LogP contribution in [0.5, 0.6) is 5.75 Å². The lowest BCUT2D eigenvalue weighted by Gasteiger charge is -2.08. The molecule has 0 radical (unpaired) electrons. The molecule has 5 heteroatoms. The van der Waals surface area contributed by atoms with Crippen molar-refractivity contribution in [2.24, 2.45) is 7.05 Å². The van der Waals surface area contributed by atoms with Crippen LogP contribution in [0.2, 0.25) is 0 Å². The van der Waals surface area contributed by atoms with E-state index in [-0.39, 0.29) is 0 Å². The molecule has 114 valence electrons. The number of rotatable bonds is 5. The molecule has 0 aliphatic carbocycles. The number of para-hydroxylation sites is 1. The molecule has 0 spiro atoms. The van der Waals surface area contributed by atoms with Crippen LogP contribution in [0, 0.1) is 0 Å². The number of hydrogen-bond acceptors (Lipinski definition) is 4. The third-order valence-corrected chi connectivity index (χ3v) is 3.58. The molecule has 5 nitrogen and oxygen atoms in total. The Balaban J connectivity index is 2.14. The van der Waals surface area contributed by atoms with E-state index in [0.29, 0.717) is 12.4 Å². The highest BCUT2D eigenvalue weighted by Crippen LogP contribution is 2.28. The zero-order valence-electron chi connectivity index (χ0n) is 13.2. The third-order valence-electron chi connectivity index (χ3n) is 3.58. The molecule has 0 unspecified atom stereocenters. The molecule has 3 rings (SSSR count). The molecule has 0 aliphatic heterocycles. The lowest BCUT2D eigenvalue weighted by Crippen LogP contribution is -1.97. The summed E-state index contributed by atoms with van der Waals surface area (Å²) in [7, 11) is 1.93. The van der Waals surface area contributed by atoms with E-state index in [1.807, 2.05) is 49.1 Å². The van der Waals surface area contributed by atoms with Gasteiger partial charge < -0.3 is 4.74 Å². The van der Waals surface area contributed by atoms with Gasteiger partial charge in [0.15, 0.2) is 5.82 Å². The van der Waals surface area contributed by atoms with Crippen LogP contribution in [-0.2, 0) is 13.5 Å². The Labute approximate surface area is 130 Å². The highest BCUT2D eigenvalue weighted by Gasteiger charge is 2.14. The summed E-state index contributed by atoms with van der Waals surface area (Å²) in [5, 5.41) is 4.56. The van der Waals surface area contributed by atoms with Gasteiger partial charge in [-0.15, -0.1) is 0 Å². The normalized spacial score (nSPS) is 11.0. The average molecular weight is 296 g/mol. The molecule has 22 heavy (non-hydrogen) atoms. The van der Waals surface area contributed by atoms with Crippen LogP contribution >= 0.6 is 0 Å². The van der Waals surface area contributed by atoms with Gasteiger partial charge in [0.1, 0.15) is 16.8 Å². The minimum Gasteiger partial charge on any atom is -0.493 e. The summed E-state index contributed by atoms with van der Waals surface area (Å²) in [6.45, 7) is 4.74. The first kappa shape index (κ1) is 14.5. The first-order valence-electron chi connectivity index (χ1n) is 7.65. The largest absolute Gasteiger partial charge is 0.493 e. The Hall–Kier alpha value is -2.43. The molecule has 3 aromatic rings. The highest BCUT2D eigenvalue weighted by atomic mass is 16.5. The molecule has 0 atom stereocenters. The lowest BCUT2D eigenvalue weighted by atomic mass is 10.1. The zero-order valence-corrected chi connectivity index (χ0v) is 13.2.